The third kappa shape index (κ3) is 4.30. The Labute approximate surface area is 119 Å². The number of nitrogens with two attached hydrogens (primary N) is 1. The van der Waals surface area contributed by atoms with Crippen LogP contribution in [0.15, 0.2) is 28.6 Å². The Morgan fingerprint density at radius 1 is 1.32 bits per heavy atom. The maximum atomic E-state index is 11.1. The van der Waals surface area contributed by atoms with Crippen LogP contribution in [0.25, 0.3) is 0 Å². The van der Waals surface area contributed by atoms with Crippen LogP contribution in [0, 0.1) is 6.92 Å². The molecular weight excluding hydrogens is 280 g/mol. The minimum atomic E-state index is -0.188. The number of rotatable bonds is 5. The van der Waals surface area contributed by atoms with Crippen LogP contribution in [0.3, 0.4) is 0 Å². The normalized spacial score (nSPS) is 10.4. The third-order valence-electron chi connectivity index (χ3n) is 2.42. The molecule has 1 aromatic heterocycles. The zero-order valence-electron chi connectivity index (χ0n) is 10.4. The maximum Gasteiger partial charge on any atom is 0.238 e. The molecule has 2 rings (SSSR count). The number of nitrogens with zero attached hydrogens (tertiary/aromatic N) is 2. The van der Waals surface area contributed by atoms with Crippen LogP contribution < -0.4 is 11.3 Å². The Hall–Kier alpha value is -1.44. The fourth-order valence-electron chi connectivity index (χ4n) is 1.47. The van der Waals surface area contributed by atoms with Crippen molar-refractivity contribution < 1.29 is 4.79 Å². The van der Waals surface area contributed by atoms with Gasteiger partial charge in [-0.25, -0.2) is 5.84 Å². The van der Waals surface area contributed by atoms with Gasteiger partial charge in [0.25, 0.3) is 0 Å². The number of hydrogen-bond donors (Lipinski definition) is 2. The van der Waals surface area contributed by atoms with Gasteiger partial charge in [0.15, 0.2) is 4.34 Å². The van der Waals surface area contributed by atoms with Gasteiger partial charge in [0.1, 0.15) is 5.01 Å². The number of hydrazine groups is 1. The predicted octanol–water partition coefficient (Wildman–Crippen LogP) is 1.67. The molecule has 19 heavy (non-hydrogen) atoms. The summed E-state index contributed by atoms with van der Waals surface area (Å²) in [7, 11) is 0. The Kier molecular flexibility index (Phi) is 4.89. The van der Waals surface area contributed by atoms with Gasteiger partial charge >= 0.3 is 0 Å². The Balaban J connectivity index is 1.89. The van der Waals surface area contributed by atoms with E-state index in [0.29, 0.717) is 6.42 Å². The number of amides is 1. The summed E-state index contributed by atoms with van der Waals surface area (Å²) in [4.78, 5) is 11.1. The van der Waals surface area contributed by atoms with E-state index in [2.05, 4.69) is 15.6 Å². The summed E-state index contributed by atoms with van der Waals surface area (Å²) >= 11 is 3.26. The first-order chi connectivity index (χ1) is 9.17. The molecule has 0 bridgehead atoms. The SMILES string of the molecule is Cc1nnc(SCc2ccc(CC(=O)NN)cc2)s1. The lowest BCUT2D eigenvalue weighted by atomic mass is 10.1. The monoisotopic (exact) mass is 294 g/mol. The smallest absolute Gasteiger partial charge is 0.238 e. The van der Waals surface area contributed by atoms with Crippen molar-refractivity contribution >= 4 is 29.0 Å². The molecule has 0 aliphatic rings. The van der Waals surface area contributed by atoms with Gasteiger partial charge in [-0.05, 0) is 18.1 Å². The summed E-state index contributed by atoms with van der Waals surface area (Å²) in [6, 6.07) is 7.91. The molecule has 100 valence electrons. The molecule has 0 radical (unpaired) electrons. The van der Waals surface area contributed by atoms with Gasteiger partial charge < -0.3 is 0 Å². The second-order valence-electron chi connectivity index (χ2n) is 3.94. The number of carbonyl (C=O) groups excluding carboxylic acids is 1. The molecule has 0 aliphatic carbocycles. The minimum absolute atomic E-state index is 0.188. The van der Waals surface area contributed by atoms with E-state index in [1.165, 1.54) is 5.56 Å². The molecule has 0 aliphatic heterocycles. The zero-order valence-corrected chi connectivity index (χ0v) is 12.1. The van der Waals surface area contributed by atoms with Crippen LogP contribution in [0.1, 0.15) is 16.1 Å². The average molecular weight is 294 g/mol. The minimum Gasteiger partial charge on any atom is -0.294 e. The number of aromatic nitrogens is 2. The van der Waals surface area contributed by atoms with Crippen molar-refractivity contribution in [2.24, 2.45) is 5.84 Å². The second-order valence-corrected chi connectivity index (χ2v) is 6.34. The third-order valence-corrected chi connectivity index (χ3v) is 4.46. The van der Waals surface area contributed by atoms with Crippen LogP contribution in [0.5, 0.6) is 0 Å². The van der Waals surface area contributed by atoms with E-state index in [-0.39, 0.29) is 5.91 Å². The molecule has 7 heteroatoms. The number of benzene rings is 1. The lowest BCUT2D eigenvalue weighted by Gasteiger charge is -2.02. The van der Waals surface area contributed by atoms with Crippen molar-refractivity contribution in [2.75, 3.05) is 0 Å². The molecule has 0 fully saturated rings. The summed E-state index contributed by atoms with van der Waals surface area (Å²) in [5.74, 6) is 5.71. The van der Waals surface area contributed by atoms with Crippen LogP contribution >= 0.6 is 23.1 Å². The molecule has 1 aromatic carbocycles. The first kappa shape index (κ1) is 14.0. The maximum absolute atomic E-state index is 11.1. The van der Waals surface area contributed by atoms with Gasteiger partial charge in [-0.2, -0.15) is 0 Å². The van der Waals surface area contributed by atoms with Crippen molar-refractivity contribution in [3.8, 4) is 0 Å². The second kappa shape index (κ2) is 6.65. The molecular formula is C12H14N4OS2. The molecule has 0 spiro atoms. The summed E-state index contributed by atoms with van der Waals surface area (Å²) in [5.41, 5.74) is 4.26. The summed E-state index contributed by atoms with van der Waals surface area (Å²) in [5, 5.41) is 9.02. The average Bonchev–Trinajstić information content (AvgIpc) is 2.83. The molecule has 0 saturated carbocycles. The standard InChI is InChI=1S/C12H14N4OS2/c1-8-15-16-12(19-8)18-7-10-4-2-9(3-5-10)6-11(17)14-13/h2-5H,6-7,13H2,1H3,(H,14,17). The molecule has 5 nitrogen and oxygen atoms in total. The number of thioether (sulfide) groups is 1. The summed E-state index contributed by atoms with van der Waals surface area (Å²) < 4.78 is 0.976. The highest BCUT2D eigenvalue weighted by Gasteiger charge is 2.04. The van der Waals surface area contributed by atoms with Crippen molar-refractivity contribution in [3.63, 3.8) is 0 Å². The highest BCUT2D eigenvalue weighted by atomic mass is 32.2. The van der Waals surface area contributed by atoms with E-state index in [1.807, 2.05) is 31.2 Å². The number of carbonyl (C=O) groups is 1. The van der Waals surface area contributed by atoms with Crippen molar-refractivity contribution in [3.05, 3.63) is 40.4 Å². The van der Waals surface area contributed by atoms with E-state index in [4.69, 9.17) is 5.84 Å². The van der Waals surface area contributed by atoms with E-state index in [1.54, 1.807) is 23.1 Å². The van der Waals surface area contributed by atoms with Gasteiger partial charge in [0.2, 0.25) is 5.91 Å². The van der Waals surface area contributed by atoms with E-state index in [9.17, 15) is 4.79 Å². The van der Waals surface area contributed by atoms with Crippen molar-refractivity contribution in [1.29, 1.82) is 0 Å². The zero-order chi connectivity index (χ0) is 13.7. The van der Waals surface area contributed by atoms with Gasteiger partial charge in [0.05, 0.1) is 6.42 Å². The van der Waals surface area contributed by atoms with Crippen molar-refractivity contribution in [1.82, 2.24) is 15.6 Å². The van der Waals surface area contributed by atoms with Crippen LogP contribution in [0.2, 0.25) is 0 Å². The number of nitrogens with one attached hydrogen (secondary N) is 1. The fraction of sp³-hybridized carbons (Fsp3) is 0.250. The Morgan fingerprint density at radius 2 is 2.00 bits per heavy atom. The predicted molar refractivity (Wildman–Crippen MR) is 76.7 cm³/mol. The Morgan fingerprint density at radius 3 is 2.58 bits per heavy atom. The van der Waals surface area contributed by atoms with Gasteiger partial charge in [-0.1, -0.05) is 47.4 Å². The molecule has 1 amide bonds. The van der Waals surface area contributed by atoms with E-state index >= 15 is 0 Å². The topological polar surface area (TPSA) is 80.9 Å². The molecule has 2 aromatic rings. The highest BCUT2D eigenvalue weighted by Crippen LogP contribution is 2.25. The van der Waals surface area contributed by atoms with Gasteiger partial charge in [-0.3, -0.25) is 10.2 Å². The molecule has 0 atom stereocenters. The Bertz CT molecular complexity index is 553. The van der Waals surface area contributed by atoms with Gasteiger partial charge in [-0.15, -0.1) is 10.2 Å². The number of hydrogen-bond acceptors (Lipinski definition) is 6. The molecule has 3 N–H and O–H groups in total. The van der Waals surface area contributed by atoms with Crippen LogP contribution in [-0.2, 0) is 17.0 Å². The molecule has 0 saturated heterocycles. The summed E-state index contributed by atoms with van der Waals surface area (Å²) in [6.07, 6.45) is 0.305. The number of aryl methyl sites for hydroxylation is 1. The lowest BCUT2D eigenvalue weighted by molar-refractivity contribution is -0.120. The van der Waals surface area contributed by atoms with Gasteiger partial charge in [0, 0.05) is 5.75 Å². The summed E-state index contributed by atoms with van der Waals surface area (Å²) in [6.45, 7) is 1.94. The quantitative estimate of drug-likeness (QED) is 0.379. The van der Waals surface area contributed by atoms with E-state index < -0.39 is 0 Å². The van der Waals surface area contributed by atoms with E-state index in [0.717, 1.165) is 20.7 Å². The van der Waals surface area contributed by atoms with Crippen LogP contribution in [0.4, 0.5) is 0 Å². The van der Waals surface area contributed by atoms with Crippen molar-refractivity contribution in [2.45, 2.75) is 23.4 Å². The molecule has 1 heterocycles. The fourth-order valence-corrected chi connectivity index (χ4v) is 3.24. The molecule has 0 unspecified atom stereocenters. The highest BCUT2D eigenvalue weighted by molar-refractivity contribution is 8.00. The largest absolute Gasteiger partial charge is 0.294 e. The first-order valence-corrected chi connectivity index (χ1v) is 7.48. The van der Waals surface area contributed by atoms with Crippen LogP contribution in [-0.4, -0.2) is 16.1 Å². The first-order valence-electron chi connectivity index (χ1n) is 5.67. The lowest BCUT2D eigenvalue weighted by Crippen LogP contribution is -2.31.